The summed E-state index contributed by atoms with van der Waals surface area (Å²) in [5.74, 6) is 0.234. The van der Waals surface area contributed by atoms with Crippen molar-refractivity contribution < 1.29 is 9.53 Å². The molecule has 0 aromatic heterocycles. The fraction of sp³-hybridized carbons (Fsp3) is 0.500. The van der Waals surface area contributed by atoms with Crippen LogP contribution in [-0.2, 0) is 9.53 Å². The molecule has 1 aromatic rings. The van der Waals surface area contributed by atoms with Gasteiger partial charge >= 0.3 is 0 Å². The van der Waals surface area contributed by atoms with E-state index in [0.29, 0.717) is 6.42 Å². The summed E-state index contributed by atoms with van der Waals surface area (Å²) in [6, 6.07) is 10.2. The summed E-state index contributed by atoms with van der Waals surface area (Å²) in [4.78, 5) is 13.5. The van der Waals surface area contributed by atoms with Crippen molar-refractivity contribution in [3.8, 4) is 0 Å². The molecule has 2 atom stereocenters. The molecule has 0 aliphatic rings. The molecule has 2 nitrogen and oxygen atoms in total. The van der Waals surface area contributed by atoms with E-state index >= 15 is 0 Å². The van der Waals surface area contributed by atoms with Gasteiger partial charge in [0.2, 0.25) is 0 Å². The molecule has 0 aliphatic carbocycles. The highest BCUT2D eigenvalue weighted by Crippen LogP contribution is 2.30. The highest BCUT2D eigenvalue weighted by molar-refractivity contribution is 8.00. The molecule has 0 radical (unpaired) electrons. The molecule has 0 saturated heterocycles. The van der Waals surface area contributed by atoms with E-state index in [4.69, 9.17) is 4.74 Å². The molecular formula is C18H26O2S. The fourth-order valence-electron chi connectivity index (χ4n) is 1.91. The van der Waals surface area contributed by atoms with Gasteiger partial charge in [-0.3, -0.25) is 4.79 Å². The van der Waals surface area contributed by atoms with Crippen LogP contribution in [0.15, 0.2) is 47.4 Å². The van der Waals surface area contributed by atoms with Crippen molar-refractivity contribution in [3.05, 3.63) is 42.5 Å². The van der Waals surface area contributed by atoms with Crippen molar-refractivity contribution >= 4 is 17.5 Å². The lowest BCUT2D eigenvalue weighted by molar-refractivity contribution is -0.128. The largest absolute Gasteiger partial charge is 0.380 e. The highest BCUT2D eigenvalue weighted by Gasteiger charge is 2.28. The number of ether oxygens (including phenoxy) is 1. The topological polar surface area (TPSA) is 26.3 Å². The summed E-state index contributed by atoms with van der Waals surface area (Å²) in [5.41, 5.74) is -0.325. The molecule has 21 heavy (non-hydrogen) atoms. The van der Waals surface area contributed by atoms with Crippen LogP contribution >= 0.6 is 11.8 Å². The van der Waals surface area contributed by atoms with Gasteiger partial charge in [-0.05, 0) is 19.1 Å². The van der Waals surface area contributed by atoms with Crippen molar-refractivity contribution in [3.63, 3.8) is 0 Å². The summed E-state index contributed by atoms with van der Waals surface area (Å²) in [5, 5.41) is 0.133. The van der Waals surface area contributed by atoms with Crippen LogP contribution in [0.4, 0.5) is 0 Å². The Morgan fingerprint density at radius 3 is 2.38 bits per heavy atom. The van der Waals surface area contributed by atoms with Crippen LogP contribution in [0.2, 0.25) is 0 Å². The standard InChI is InChI=1S/C18H26O2S/c1-6-10-16(21-14-11-8-7-9-12-14)15(20-5)13-17(19)18(2,3)4/h6-12,15-16H,13H2,1-5H3/b10-6+/t15-,16-/m1/s1. The van der Waals surface area contributed by atoms with Crippen molar-refractivity contribution in [2.24, 2.45) is 5.41 Å². The monoisotopic (exact) mass is 306 g/mol. The van der Waals surface area contributed by atoms with E-state index in [0.717, 1.165) is 0 Å². The number of hydrogen-bond donors (Lipinski definition) is 0. The summed E-state index contributed by atoms with van der Waals surface area (Å²) < 4.78 is 5.61. The van der Waals surface area contributed by atoms with Gasteiger partial charge < -0.3 is 4.74 Å². The second kappa shape index (κ2) is 8.40. The number of carbonyl (C=O) groups excluding carboxylic acids is 1. The Kier molecular flexibility index (Phi) is 7.20. The molecule has 0 amide bonds. The molecule has 0 fully saturated rings. The van der Waals surface area contributed by atoms with Crippen LogP contribution in [0.1, 0.15) is 34.1 Å². The molecule has 1 rings (SSSR count). The minimum absolute atomic E-state index is 0.113. The predicted molar refractivity (Wildman–Crippen MR) is 90.8 cm³/mol. The number of ketones is 1. The minimum Gasteiger partial charge on any atom is -0.380 e. The van der Waals surface area contributed by atoms with E-state index in [1.54, 1.807) is 18.9 Å². The maximum absolute atomic E-state index is 12.3. The van der Waals surface area contributed by atoms with Gasteiger partial charge in [-0.15, -0.1) is 11.8 Å². The maximum Gasteiger partial charge on any atom is 0.140 e. The minimum atomic E-state index is -0.325. The Morgan fingerprint density at radius 1 is 1.29 bits per heavy atom. The molecule has 0 unspecified atom stereocenters. The Hall–Kier alpha value is -1.06. The van der Waals surface area contributed by atoms with Gasteiger partial charge in [-0.2, -0.15) is 0 Å². The highest BCUT2D eigenvalue weighted by atomic mass is 32.2. The van der Waals surface area contributed by atoms with E-state index in [9.17, 15) is 4.79 Å². The van der Waals surface area contributed by atoms with E-state index in [1.165, 1.54) is 4.90 Å². The quantitative estimate of drug-likeness (QED) is 0.537. The molecule has 3 heteroatoms. The normalized spacial score (nSPS) is 15.1. The van der Waals surface area contributed by atoms with E-state index in [-0.39, 0.29) is 22.6 Å². The lowest BCUT2D eigenvalue weighted by atomic mass is 9.87. The van der Waals surface area contributed by atoms with Crippen molar-refractivity contribution in [1.29, 1.82) is 0 Å². The molecule has 0 N–H and O–H groups in total. The van der Waals surface area contributed by atoms with Crippen molar-refractivity contribution in [1.82, 2.24) is 0 Å². The van der Waals surface area contributed by atoms with Crippen LogP contribution in [0.5, 0.6) is 0 Å². The zero-order chi connectivity index (χ0) is 15.9. The van der Waals surface area contributed by atoms with Crippen LogP contribution in [0, 0.1) is 5.41 Å². The first kappa shape index (κ1) is 18.0. The second-order valence-electron chi connectivity index (χ2n) is 6.07. The number of Topliss-reactive ketones (excluding diaryl/α,β-unsaturated/α-hetero) is 1. The van der Waals surface area contributed by atoms with Gasteiger partial charge in [0.25, 0.3) is 0 Å². The average Bonchev–Trinajstić information content (AvgIpc) is 2.44. The molecule has 0 heterocycles. The van der Waals surface area contributed by atoms with Gasteiger partial charge in [-0.25, -0.2) is 0 Å². The average molecular weight is 306 g/mol. The predicted octanol–water partition coefficient (Wildman–Crippen LogP) is 4.74. The molecule has 0 bridgehead atoms. The Morgan fingerprint density at radius 2 is 1.90 bits per heavy atom. The van der Waals surface area contributed by atoms with Gasteiger partial charge in [-0.1, -0.05) is 51.1 Å². The lowest BCUT2D eigenvalue weighted by Crippen LogP contribution is -2.31. The molecular weight excluding hydrogens is 280 g/mol. The number of hydrogen-bond acceptors (Lipinski definition) is 3. The summed E-state index contributed by atoms with van der Waals surface area (Å²) in [7, 11) is 1.68. The first-order valence-corrected chi connectivity index (χ1v) is 8.17. The number of rotatable bonds is 7. The summed E-state index contributed by atoms with van der Waals surface area (Å²) in [6.45, 7) is 7.86. The molecule has 116 valence electrons. The van der Waals surface area contributed by atoms with Crippen molar-refractivity contribution in [2.45, 2.75) is 50.4 Å². The first-order chi connectivity index (χ1) is 9.88. The van der Waals surface area contributed by atoms with Gasteiger partial charge in [0, 0.05) is 23.8 Å². The van der Waals surface area contributed by atoms with Crippen molar-refractivity contribution in [2.75, 3.05) is 7.11 Å². The number of allylic oxidation sites excluding steroid dienone is 1. The zero-order valence-corrected chi connectivity index (χ0v) is 14.4. The Bertz CT molecular complexity index is 460. The smallest absolute Gasteiger partial charge is 0.140 e. The number of carbonyl (C=O) groups is 1. The summed E-state index contributed by atoms with van der Waals surface area (Å²) in [6.07, 6.45) is 4.46. The number of thioether (sulfide) groups is 1. The van der Waals surface area contributed by atoms with E-state index in [1.807, 2.05) is 52.0 Å². The van der Waals surface area contributed by atoms with E-state index < -0.39 is 0 Å². The molecule has 0 aliphatic heterocycles. The number of methoxy groups -OCH3 is 1. The van der Waals surface area contributed by atoms with Gasteiger partial charge in [0.05, 0.1) is 11.4 Å². The SMILES string of the molecule is C/C=C/[C@@H](Sc1ccccc1)[C@@H](CC(=O)C(C)(C)C)OC. The zero-order valence-electron chi connectivity index (χ0n) is 13.6. The molecule has 0 saturated carbocycles. The second-order valence-corrected chi connectivity index (χ2v) is 7.32. The molecule has 0 spiro atoms. The van der Waals surface area contributed by atoms with Crippen LogP contribution in [0.25, 0.3) is 0 Å². The number of benzene rings is 1. The Balaban J connectivity index is 2.83. The summed E-state index contributed by atoms with van der Waals surface area (Å²) >= 11 is 1.73. The van der Waals surface area contributed by atoms with Crippen LogP contribution in [0.3, 0.4) is 0 Å². The first-order valence-electron chi connectivity index (χ1n) is 7.29. The third-order valence-corrected chi connectivity index (χ3v) is 4.57. The maximum atomic E-state index is 12.3. The third-order valence-electron chi connectivity index (χ3n) is 3.29. The Labute approximate surface area is 133 Å². The molecule has 1 aromatic carbocycles. The lowest BCUT2D eigenvalue weighted by Gasteiger charge is -2.26. The van der Waals surface area contributed by atoms with E-state index in [2.05, 4.69) is 18.2 Å². The van der Waals surface area contributed by atoms with Crippen LogP contribution < -0.4 is 0 Å². The van der Waals surface area contributed by atoms with Crippen LogP contribution in [-0.4, -0.2) is 24.2 Å². The third kappa shape index (κ3) is 6.06. The fourth-order valence-corrected chi connectivity index (χ4v) is 3.13. The van der Waals surface area contributed by atoms with Gasteiger partial charge in [0.15, 0.2) is 0 Å². The van der Waals surface area contributed by atoms with Gasteiger partial charge in [0.1, 0.15) is 5.78 Å².